The van der Waals surface area contributed by atoms with Crippen LogP contribution in [-0.2, 0) is 9.53 Å². The van der Waals surface area contributed by atoms with E-state index < -0.39 is 0 Å². The number of esters is 1. The summed E-state index contributed by atoms with van der Waals surface area (Å²) in [6.45, 7) is 4.17. The highest BCUT2D eigenvalue weighted by molar-refractivity contribution is 5.83. The molecule has 0 aliphatic carbocycles. The van der Waals surface area contributed by atoms with Crippen molar-refractivity contribution < 1.29 is 9.53 Å². The number of H-pyrrole nitrogens is 1. The molecule has 1 aliphatic rings. The van der Waals surface area contributed by atoms with Crippen LogP contribution in [-0.4, -0.2) is 30.6 Å². The summed E-state index contributed by atoms with van der Waals surface area (Å²) < 4.78 is 5.11. The minimum atomic E-state index is -0.0340. The lowest BCUT2D eigenvalue weighted by Gasteiger charge is -2.32. The Morgan fingerprint density at radius 3 is 2.90 bits per heavy atom. The molecule has 0 spiro atoms. The molecule has 20 heavy (non-hydrogen) atoms. The summed E-state index contributed by atoms with van der Waals surface area (Å²) in [6.07, 6.45) is 3.72. The highest BCUT2D eigenvalue weighted by Crippen LogP contribution is 2.26. The summed E-state index contributed by atoms with van der Waals surface area (Å²) in [4.78, 5) is 17.3. The average Bonchev–Trinajstić information content (AvgIpc) is 2.95. The monoisotopic (exact) mass is 272 g/mol. The van der Waals surface area contributed by atoms with E-state index in [1.807, 2.05) is 13.1 Å². The van der Waals surface area contributed by atoms with E-state index in [-0.39, 0.29) is 11.9 Å². The van der Waals surface area contributed by atoms with Crippen LogP contribution in [0.2, 0.25) is 0 Å². The van der Waals surface area contributed by atoms with Crippen LogP contribution in [0.4, 0.5) is 5.69 Å². The molecule has 1 fully saturated rings. The van der Waals surface area contributed by atoms with Gasteiger partial charge in [-0.25, -0.2) is 0 Å². The van der Waals surface area contributed by atoms with Crippen LogP contribution in [0, 0.1) is 5.92 Å². The Balaban J connectivity index is 1.66. The number of aromatic amines is 1. The predicted molar refractivity (Wildman–Crippen MR) is 79.9 cm³/mol. The van der Waals surface area contributed by atoms with Crippen LogP contribution in [0.3, 0.4) is 0 Å². The molecule has 4 nitrogen and oxygen atoms in total. The van der Waals surface area contributed by atoms with E-state index in [1.54, 1.807) is 0 Å². The zero-order valence-electron chi connectivity index (χ0n) is 11.8. The number of ether oxygens (including phenoxy) is 1. The highest BCUT2D eigenvalue weighted by Gasteiger charge is 2.26. The summed E-state index contributed by atoms with van der Waals surface area (Å²) >= 11 is 0. The summed E-state index contributed by atoms with van der Waals surface area (Å²) in [5, 5.41) is 1.23. The molecule has 4 heteroatoms. The Hall–Kier alpha value is -1.97. The lowest BCUT2D eigenvalue weighted by molar-refractivity contribution is -0.148. The first kappa shape index (κ1) is 13.0. The fourth-order valence-corrected chi connectivity index (χ4v) is 2.87. The molecule has 0 amide bonds. The zero-order valence-corrected chi connectivity index (χ0v) is 11.8. The fourth-order valence-electron chi connectivity index (χ4n) is 2.87. The van der Waals surface area contributed by atoms with Crippen molar-refractivity contribution in [3.8, 4) is 0 Å². The normalized spacial score (nSPS) is 16.6. The Morgan fingerprint density at radius 2 is 2.15 bits per heavy atom. The summed E-state index contributed by atoms with van der Waals surface area (Å²) in [5.74, 6) is 0.0374. The Morgan fingerprint density at radius 1 is 1.35 bits per heavy atom. The van der Waals surface area contributed by atoms with Gasteiger partial charge in [-0.15, -0.1) is 0 Å². The number of carbonyl (C=O) groups excluding carboxylic acids is 1. The maximum absolute atomic E-state index is 11.7. The molecule has 1 aromatic carbocycles. The maximum atomic E-state index is 11.7. The number of aromatic nitrogens is 1. The largest absolute Gasteiger partial charge is 0.466 e. The molecular formula is C16H20N2O2. The maximum Gasteiger partial charge on any atom is 0.309 e. The standard InChI is InChI=1S/C16H20N2O2/c1-2-20-16(19)12-6-9-18(10-7-12)14-3-4-15-13(11-14)5-8-17-15/h3-5,8,11-12,17H,2,6-7,9-10H2,1H3. The van der Waals surface area contributed by atoms with Crippen molar-refractivity contribution in [3.05, 3.63) is 30.5 Å². The van der Waals surface area contributed by atoms with Crippen LogP contribution in [0.15, 0.2) is 30.5 Å². The van der Waals surface area contributed by atoms with Gasteiger partial charge in [-0.1, -0.05) is 0 Å². The van der Waals surface area contributed by atoms with Crippen molar-refractivity contribution in [1.29, 1.82) is 0 Å². The number of benzene rings is 1. The lowest BCUT2D eigenvalue weighted by Crippen LogP contribution is -2.36. The van der Waals surface area contributed by atoms with Gasteiger partial charge in [0.05, 0.1) is 12.5 Å². The molecule has 0 bridgehead atoms. The molecule has 1 aromatic heterocycles. The lowest BCUT2D eigenvalue weighted by atomic mass is 9.96. The number of rotatable bonds is 3. The second-order valence-corrected chi connectivity index (χ2v) is 5.26. The number of piperidine rings is 1. The quantitative estimate of drug-likeness (QED) is 0.874. The van der Waals surface area contributed by atoms with E-state index in [0.29, 0.717) is 6.61 Å². The van der Waals surface area contributed by atoms with Gasteiger partial charge >= 0.3 is 5.97 Å². The van der Waals surface area contributed by atoms with Crippen LogP contribution in [0.25, 0.3) is 10.9 Å². The number of nitrogens with one attached hydrogen (secondary N) is 1. The van der Waals surface area contributed by atoms with E-state index in [4.69, 9.17) is 4.74 Å². The molecule has 0 radical (unpaired) electrons. The fraction of sp³-hybridized carbons (Fsp3) is 0.438. The second kappa shape index (κ2) is 5.57. The molecule has 0 atom stereocenters. The third kappa shape index (κ3) is 2.50. The number of carbonyl (C=O) groups is 1. The van der Waals surface area contributed by atoms with Gasteiger partial charge in [-0.3, -0.25) is 4.79 Å². The molecule has 1 N–H and O–H groups in total. The molecule has 2 aromatic rings. The summed E-state index contributed by atoms with van der Waals surface area (Å²) in [6, 6.07) is 8.55. The van der Waals surface area contributed by atoms with E-state index in [1.165, 1.54) is 11.1 Å². The SMILES string of the molecule is CCOC(=O)C1CCN(c2ccc3[nH]ccc3c2)CC1. The molecule has 3 rings (SSSR count). The van der Waals surface area contributed by atoms with Gasteiger partial charge in [0.15, 0.2) is 0 Å². The first-order chi connectivity index (χ1) is 9.78. The van der Waals surface area contributed by atoms with Crippen molar-refractivity contribution in [2.24, 2.45) is 5.92 Å². The van der Waals surface area contributed by atoms with Gasteiger partial charge in [-0.2, -0.15) is 0 Å². The summed E-state index contributed by atoms with van der Waals surface area (Å²) in [7, 11) is 0. The van der Waals surface area contributed by atoms with Crippen molar-refractivity contribution >= 4 is 22.6 Å². The van der Waals surface area contributed by atoms with Crippen molar-refractivity contribution in [3.63, 3.8) is 0 Å². The molecule has 1 saturated heterocycles. The third-order valence-corrected chi connectivity index (χ3v) is 4.02. The second-order valence-electron chi connectivity index (χ2n) is 5.26. The summed E-state index contributed by atoms with van der Waals surface area (Å²) in [5.41, 5.74) is 2.40. The van der Waals surface area contributed by atoms with Gasteiger partial charge < -0.3 is 14.6 Å². The molecule has 1 aliphatic heterocycles. The molecular weight excluding hydrogens is 252 g/mol. The van der Waals surface area contributed by atoms with Crippen LogP contribution in [0.5, 0.6) is 0 Å². The van der Waals surface area contributed by atoms with E-state index in [0.717, 1.165) is 31.4 Å². The van der Waals surface area contributed by atoms with Crippen LogP contribution >= 0.6 is 0 Å². The first-order valence-electron chi connectivity index (χ1n) is 7.26. The first-order valence-corrected chi connectivity index (χ1v) is 7.26. The van der Waals surface area contributed by atoms with Crippen molar-refractivity contribution in [2.75, 3.05) is 24.6 Å². The Kier molecular flexibility index (Phi) is 3.63. The van der Waals surface area contributed by atoms with Gasteiger partial charge in [0.1, 0.15) is 0 Å². The number of anilines is 1. The highest BCUT2D eigenvalue weighted by atomic mass is 16.5. The third-order valence-electron chi connectivity index (χ3n) is 4.02. The van der Waals surface area contributed by atoms with E-state index >= 15 is 0 Å². The van der Waals surface area contributed by atoms with Gasteiger partial charge in [0.2, 0.25) is 0 Å². The van der Waals surface area contributed by atoms with Crippen molar-refractivity contribution in [2.45, 2.75) is 19.8 Å². The molecule has 0 unspecified atom stereocenters. The minimum absolute atomic E-state index is 0.0340. The van der Waals surface area contributed by atoms with Crippen LogP contribution in [0.1, 0.15) is 19.8 Å². The van der Waals surface area contributed by atoms with Crippen molar-refractivity contribution in [1.82, 2.24) is 4.98 Å². The van der Waals surface area contributed by atoms with Crippen LogP contribution < -0.4 is 4.90 Å². The topological polar surface area (TPSA) is 45.3 Å². The minimum Gasteiger partial charge on any atom is -0.466 e. The Labute approximate surface area is 118 Å². The number of hydrogen-bond donors (Lipinski definition) is 1. The molecule has 2 heterocycles. The number of nitrogens with zero attached hydrogens (tertiary/aromatic N) is 1. The number of fused-ring (bicyclic) bond motifs is 1. The molecule has 106 valence electrons. The number of hydrogen-bond acceptors (Lipinski definition) is 3. The average molecular weight is 272 g/mol. The van der Waals surface area contributed by atoms with E-state index in [9.17, 15) is 4.79 Å². The molecule has 0 saturated carbocycles. The van der Waals surface area contributed by atoms with Gasteiger partial charge in [0.25, 0.3) is 0 Å². The Bertz CT molecular complexity index is 597. The van der Waals surface area contributed by atoms with Gasteiger partial charge in [-0.05, 0) is 44.0 Å². The zero-order chi connectivity index (χ0) is 13.9. The van der Waals surface area contributed by atoms with Gasteiger partial charge in [0, 0.05) is 35.9 Å². The van der Waals surface area contributed by atoms with E-state index in [2.05, 4.69) is 34.1 Å². The predicted octanol–water partition coefficient (Wildman–Crippen LogP) is 2.95. The smallest absolute Gasteiger partial charge is 0.309 e.